The molecule has 2 N–H and O–H groups in total. The maximum Gasteiger partial charge on any atom is 0.252 e. The number of carbonyl (C=O) groups is 2. The van der Waals surface area contributed by atoms with Gasteiger partial charge in [-0.15, -0.1) is 0 Å². The zero-order valence-corrected chi connectivity index (χ0v) is 12.9. The monoisotopic (exact) mass is 301 g/mol. The van der Waals surface area contributed by atoms with E-state index in [-0.39, 0.29) is 11.8 Å². The van der Waals surface area contributed by atoms with E-state index in [1.807, 2.05) is 19.1 Å². The Labute approximate surface area is 128 Å². The lowest BCUT2D eigenvalue weighted by Gasteiger charge is -2.11. The molecular formula is C16H19N3O3. The Morgan fingerprint density at radius 3 is 2.73 bits per heavy atom. The highest BCUT2D eigenvalue weighted by atomic mass is 16.5. The number of methoxy groups -OCH3 is 1. The molecule has 0 aliphatic carbocycles. The normalized spacial score (nSPS) is 10.5. The van der Waals surface area contributed by atoms with Crippen molar-refractivity contribution in [2.75, 3.05) is 25.6 Å². The van der Waals surface area contributed by atoms with Crippen molar-refractivity contribution >= 4 is 28.4 Å². The minimum Gasteiger partial charge on any atom is -0.383 e. The van der Waals surface area contributed by atoms with E-state index in [9.17, 15) is 9.59 Å². The first-order valence-corrected chi connectivity index (χ1v) is 6.97. The van der Waals surface area contributed by atoms with Crippen LogP contribution in [-0.4, -0.2) is 37.1 Å². The summed E-state index contributed by atoms with van der Waals surface area (Å²) < 4.78 is 4.92. The Balaban J connectivity index is 2.44. The molecule has 0 aliphatic heterocycles. The van der Waals surface area contributed by atoms with E-state index in [0.717, 1.165) is 11.1 Å². The number of nitrogens with one attached hydrogen (secondary N) is 2. The summed E-state index contributed by atoms with van der Waals surface area (Å²) in [5.41, 5.74) is 2.54. The zero-order chi connectivity index (χ0) is 16.1. The van der Waals surface area contributed by atoms with Crippen LogP contribution in [0.15, 0.2) is 24.3 Å². The van der Waals surface area contributed by atoms with E-state index >= 15 is 0 Å². The molecular weight excluding hydrogens is 282 g/mol. The third kappa shape index (κ3) is 3.79. The standard InChI is InChI=1S/C16H19N3O3/c1-10-4-5-13-14(16(21)17-6-7-22-3)8-12(19-11(2)20)9-15(13)18-10/h4-5,8-9H,6-7H2,1-3H3,(H,17,21)(H,19,20). The van der Waals surface area contributed by atoms with Gasteiger partial charge in [0.25, 0.3) is 5.91 Å². The number of carbonyl (C=O) groups excluding carboxylic acids is 2. The van der Waals surface area contributed by atoms with Gasteiger partial charge in [0, 0.05) is 37.3 Å². The summed E-state index contributed by atoms with van der Waals surface area (Å²) >= 11 is 0. The maximum atomic E-state index is 12.3. The number of aromatic nitrogens is 1. The van der Waals surface area contributed by atoms with Crippen LogP contribution in [0.5, 0.6) is 0 Å². The van der Waals surface area contributed by atoms with Gasteiger partial charge in [-0.05, 0) is 25.1 Å². The van der Waals surface area contributed by atoms with Crippen LogP contribution in [0, 0.1) is 6.92 Å². The number of anilines is 1. The van der Waals surface area contributed by atoms with Crippen LogP contribution in [0.1, 0.15) is 23.0 Å². The Morgan fingerprint density at radius 2 is 2.05 bits per heavy atom. The SMILES string of the molecule is COCCNC(=O)c1cc(NC(C)=O)cc2nc(C)ccc12. The lowest BCUT2D eigenvalue weighted by molar-refractivity contribution is -0.114. The lowest BCUT2D eigenvalue weighted by Crippen LogP contribution is -2.27. The minimum atomic E-state index is -0.222. The van der Waals surface area contributed by atoms with Crippen LogP contribution >= 0.6 is 0 Å². The molecule has 6 nitrogen and oxygen atoms in total. The summed E-state index contributed by atoms with van der Waals surface area (Å²) in [5, 5.41) is 6.22. The van der Waals surface area contributed by atoms with Gasteiger partial charge in [0.2, 0.25) is 5.91 Å². The van der Waals surface area contributed by atoms with Crippen LogP contribution in [-0.2, 0) is 9.53 Å². The van der Waals surface area contributed by atoms with Gasteiger partial charge in [-0.1, -0.05) is 6.07 Å². The first kappa shape index (κ1) is 15.9. The maximum absolute atomic E-state index is 12.3. The number of hydrogen-bond acceptors (Lipinski definition) is 4. The first-order valence-electron chi connectivity index (χ1n) is 6.97. The average Bonchev–Trinajstić information content (AvgIpc) is 2.45. The minimum absolute atomic E-state index is 0.197. The van der Waals surface area contributed by atoms with Crippen LogP contribution < -0.4 is 10.6 Å². The average molecular weight is 301 g/mol. The predicted molar refractivity (Wildman–Crippen MR) is 85.0 cm³/mol. The summed E-state index contributed by atoms with van der Waals surface area (Å²) in [4.78, 5) is 28.0. The summed E-state index contributed by atoms with van der Waals surface area (Å²) in [6.45, 7) is 4.15. The number of rotatable bonds is 5. The van der Waals surface area contributed by atoms with E-state index in [4.69, 9.17) is 4.74 Å². The largest absolute Gasteiger partial charge is 0.383 e. The fourth-order valence-electron chi connectivity index (χ4n) is 2.16. The van der Waals surface area contributed by atoms with E-state index in [0.29, 0.717) is 29.9 Å². The Bertz CT molecular complexity index is 713. The smallest absolute Gasteiger partial charge is 0.252 e. The molecule has 1 aromatic heterocycles. The predicted octanol–water partition coefficient (Wildman–Crippen LogP) is 1.88. The van der Waals surface area contributed by atoms with Gasteiger partial charge in [0.05, 0.1) is 17.7 Å². The second-order valence-corrected chi connectivity index (χ2v) is 4.97. The van der Waals surface area contributed by atoms with E-state index in [1.165, 1.54) is 6.92 Å². The molecule has 0 spiro atoms. The number of fused-ring (bicyclic) bond motifs is 1. The Hall–Kier alpha value is -2.47. The van der Waals surface area contributed by atoms with Crippen molar-refractivity contribution in [1.29, 1.82) is 0 Å². The molecule has 0 fully saturated rings. The second kappa shape index (κ2) is 7.00. The summed E-state index contributed by atoms with van der Waals surface area (Å²) in [7, 11) is 1.58. The Kier molecular flexibility index (Phi) is 5.06. The van der Waals surface area contributed by atoms with E-state index in [2.05, 4.69) is 15.6 Å². The molecule has 22 heavy (non-hydrogen) atoms. The third-order valence-corrected chi connectivity index (χ3v) is 3.10. The van der Waals surface area contributed by atoms with Gasteiger partial charge in [-0.3, -0.25) is 14.6 Å². The van der Waals surface area contributed by atoms with Crippen LogP contribution in [0.25, 0.3) is 10.9 Å². The molecule has 2 aromatic rings. The van der Waals surface area contributed by atoms with Crippen LogP contribution in [0.3, 0.4) is 0 Å². The second-order valence-electron chi connectivity index (χ2n) is 4.97. The molecule has 0 atom stereocenters. The number of amides is 2. The quantitative estimate of drug-likeness (QED) is 0.826. The molecule has 0 radical (unpaired) electrons. The lowest BCUT2D eigenvalue weighted by atomic mass is 10.1. The van der Waals surface area contributed by atoms with Crippen molar-refractivity contribution in [3.63, 3.8) is 0 Å². The van der Waals surface area contributed by atoms with E-state index < -0.39 is 0 Å². The van der Waals surface area contributed by atoms with Crippen LogP contribution in [0.2, 0.25) is 0 Å². The van der Waals surface area contributed by atoms with Crippen molar-refractivity contribution in [1.82, 2.24) is 10.3 Å². The third-order valence-electron chi connectivity index (χ3n) is 3.10. The molecule has 2 amide bonds. The highest BCUT2D eigenvalue weighted by Gasteiger charge is 2.13. The van der Waals surface area contributed by atoms with Crippen molar-refractivity contribution < 1.29 is 14.3 Å². The zero-order valence-electron chi connectivity index (χ0n) is 12.9. The Morgan fingerprint density at radius 1 is 1.27 bits per heavy atom. The number of hydrogen-bond donors (Lipinski definition) is 2. The highest BCUT2D eigenvalue weighted by Crippen LogP contribution is 2.23. The molecule has 0 saturated heterocycles. The van der Waals surface area contributed by atoms with Crippen molar-refractivity contribution in [2.24, 2.45) is 0 Å². The highest BCUT2D eigenvalue weighted by molar-refractivity contribution is 6.08. The fraction of sp³-hybridized carbons (Fsp3) is 0.312. The van der Waals surface area contributed by atoms with Crippen LogP contribution in [0.4, 0.5) is 5.69 Å². The molecule has 2 rings (SSSR count). The van der Waals surface area contributed by atoms with Gasteiger partial charge in [-0.2, -0.15) is 0 Å². The summed E-state index contributed by atoms with van der Waals surface area (Å²) in [6, 6.07) is 7.13. The van der Waals surface area contributed by atoms with Gasteiger partial charge < -0.3 is 15.4 Å². The topological polar surface area (TPSA) is 80.3 Å². The number of pyridine rings is 1. The molecule has 0 aliphatic rings. The first-order chi connectivity index (χ1) is 10.5. The molecule has 0 unspecified atom stereocenters. The van der Waals surface area contributed by atoms with E-state index in [1.54, 1.807) is 19.2 Å². The van der Waals surface area contributed by atoms with Crippen molar-refractivity contribution in [2.45, 2.75) is 13.8 Å². The molecule has 0 saturated carbocycles. The number of aryl methyl sites for hydroxylation is 1. The van der Waals surface area contributed by atoms with Gasteiger partial charge >= 0.3 is 0 Å². The number of benzene rings is 1. The number of nitrogens with zero attached hydrogens (tertiary/aromatic N) is 1. The molecule has 116 valence electrons. The molecule has 1 aromatic carbocycles. The van der Waals surface area contributed by atoms with Gasteiger partial charge in [0.15, 0.2) is 0 Å². The van der Waals surface area contributed by atoms with Gasteiger partial charge in [-0.25, -0.2) is 0 Å². The molecule has 1 heterocycles. The number of ether oxygens (including phenoxy) is 1. The summed E-state index contributed by atoms with van der Waals surface area (Å²) in [6.07, 6.45) is 0. The van der Waals surface area contributed by atoms with Crippen molar-refractivity contribution in [3.8, 4) is 0 Å². The fourth-order valence-corrected chi connectivity index (χ4v) is 2.16. The summed E-state index contributed by atoms with van der Waals surface area (Å²) in [5.74, 6) is -0.419. The molecule has 6 heteroatoms. The van der Waals surface area contributed by atoms with Gasteiger partial charge in [0.1, 0.15) is 0 Å². The van der Waals surface area contributed by atoms with Crippen molar-refractivity contribution in [3.05, 3.63) is 35.5 Å². The molecule has 0 bridgehead atoms.